The normalized spacial score (nSPS) is 11.2. The van der Waals surface area contributed by atoms with Crippen LogP contribution in [0.15, 0.2) is 30.3 Å². The van der Waals surface area contributed by atoms with Crippen LogP contribution in [0.4, 0.5) is 0 Å². The fourth-order valence-corrected chi connectivity index (χ4v) is 2.34. The van der Waals surface area contributed by atoms with Gasteiger partial charge in [0.1, 0.15) is 0 Å². The number of benzene rings is 1. The lowest BCUT2D eigenvalue weighted by Crippen LogP contribution is -2.47. The molecule has 0 aliphatic heterocycles. The average Bonchev–Trinajstić information content (AvgIpc) is 2.50. The molecule has 0 unspecified atom stereocenters. The minimum Gasteiger partial charge on any atom is -0.325 e. The van der Waals surface area contributed by atoms with Crippen molar-refractivity contribution in [2.24, 2.45) is 0 Å². The molecule has 0 saturated heterocycles. The number of nitrogens with zero attached hydrogens (tertiary/aromatic N) is 2. The Bertz CT molecular complexity index is 298. The molecule has 0 heterocycles. The third kappa shape index (κ3) is 7.66. The summed E-state index contributed by atoms with van der Waals surface area (Å²) in [6.45, 7) is 15.4. The predicted octanol–water partition coefficient (Wildman–Crippen LogP) is 3.67. The fourth-order valence-electron chi connectivity index (χ4n) is 2.34. The van der Waals surface area contributed by atoms with Crippen molar-refractivity contribution in [2.75, 3.05) is 46.8 Å². The van der Waals surface area contributed by atoms with Gasteiger partial charge >= 0.3 is 0 Å². The first-order valence-corrected chi connectivity index (χ1v) is 8.07. The second-order valence-electron chi connectivity index (χ2n) is 5.65. The van der Waals surface area contributed by atoms with Gasteiger partial charge in [0.05, 0.1) is 26.2 Å². The molecule has 0 aliphatic carbocycles. The molecule has 0 bridgehead atoms. The second-order valence-corrected chi connectivity index (χ2v) is 5.65. The van der Waals surface area contributed by atoms with E-state index in [2.05, 4.69) is 77.0 Å². The monoisotopic (exact) mass is 279 g/mol. The molecular weight excluding hydrogens is 244 g/mol. The van der Waals surface area contributed by atoms with E-state index in [1.54, 1.807) is 0 Å². The van der Waals surface area contributed by atoms with E-state index in [-0.39, 0.29) is 0 Å². The molecular formula is C18H35N2+. The highest BCUT2D eigenvalue weighted by Crippen LogP contribution is 2.03. The van der Waals surface area contributed by atoms with Gasteiger partial charge in [-0.05, 0) is 53.8 Å². The van der Waals surface area contributed by atoms with Gasteiger partial charge in [-0.25, -0.2) is 0 Å². The van der Waals surface area contributed by atoms with E-state index in [0.717, 1.165) is 13.0 Å². The minimum atomic E-state index is 1.13. The zero-order chi connectivity index (χ0) is 15.4. The van der Waals surface area contributed by atoms with Gasteiger partial charge in [-0.2, -0.15) is 0 Å². The Balaban J connectivity index is 0.000000370. The predicted molar refractivity (Wildman–Crippen MR) is 91.1 cm³/mol. The molecule has 0 aromatic heterocycles. The maximum absolute atomic E-state index is 2.27. The van der Waals surface area contributed by atoms with Crippen molar-refractivity contribution >= 4 is 0 Å². The van der Waals surface area contributed by atoms with Crippen LogP contribution in [0.25, 0.3) is 0 Å². The van der Waals surface area contributed by atoms with Gasteiger partial charge in [-0.15, -0.1) is 0 Å². The fraction of sp³-hybridized carbons (Fsp3) is 0.667. The molecule has 0 radical (unpaired) electrons. The van der Waals surface area contributed by atoms with Crippen molar-refractivity contribution in [3.63, 3.8) is 0 Å². The lowest BCUT2D eigenvalue weighted by atomic mass is 10.1. The summed E-state index contributed by atoms with van der Waals surface area (Å²) in [5.41, 5.74) is 1.42. The van der Waals surface area contributed by atoms with Crippen molar-refractivity contribution in [3.8, 4) is 0 Å². The lowest BCUT2D eigenvalue weighted by Gasteiger charge is -2.34. The van der Waals surface area contributed by atoms with Gasteiger partial charge in [0.15, 0.2) is 0 Å². The van der Waals surface area contributed by atoms with Crippen LogP contribution < -0.4 is 0 Å². The van der Waals surface area contributed by atoms with Crippen molar-refractivity contribution in [1.82, 2.24) is 4.90 Å². The van der Waals surface area contributed by atoms with Crippen LogP contribution in [-0.2, 0) is 6.42 Å². The average molecular weight is 279 g/mol. The summed E-state index contributed by atoms with van der Waals surface area (Å²) in [7, 11) is 4.20. The topological polar surface area (TPSA) is 3.24 Å². The molecule has 1 aromatic rings. The van der Waals surface area contributed by atoms with Gasteiger partial charge in [0.2, 0.25) is 0 Å². The first-order chi connectivity index (χ1) is 9.53. The number of rotatable bonds is 7. The summed E-state index contributed by atoms with van der Waals surface area (Å²) in [5.74, 6) is 0. The number of quaternary nitrogens is 1. The van der Waals surface area contributed by atoms with Crippen molar-refractivity contribution < 1.29 is 4.48 Å². The smallest absolute Gasteiger partial charge is 0.0757 e. The molecule has 0 spiro atoms. The maximum atomic E-state index is 2.27. The summed E-state index contributed by atoms with van der Waals surface area (Å²) in [5, 5.41) is 0. The van der Waals surface area contributed by atoms with Crippen LogP contribution in [-0.4, -0.2) is 56.2 Å². The van der Waals surface area contributed by atoms with Crippen LogP contribution in [0.1, 0.15) is 33.3 Å². The highest BCUT2D eigenvalue weighted by atomic mass is 15.3. The van der Waals surface area contributed by atoms with Crippen molar-refractivity contribution in [2.45, 2.75) is 34.1 Å². The van der Waals surface area contributed by atoms with Crippen LogP contribution in [0.5, 0.6) is 0 Å². The van der Waals surface area contributed by atoms with E-state index < -0.39 is 0 Å². The third-order valence-corrected chi connectivity index (χ3v) is 4.37. The van der Waals surface area contributed by atoms with E-state index in [9.17, 15) is 0 Å². The SMILES string of the molecule is CC[N+](CC)(CC)CC.CN(C)CCc1ccccc1. The summed E-state index contributed by atoms with van der Waals surface area (Å²) >= 11 is 0. The molecule has 20 heavy (non-hydrogen) atoms. The van der Waals surface area contributed by atoms with E-state index >= 15 is 0 Å². The van der Waals surface area contributed by atoms with Crippen molar-refractivity contribution in [3.05, 3.63) is 35.9 Å². The molecule has 0 saturated carbocycles. The summed E-state index contributed by atoms with van der Waals surface area (Å²) in [6, 6.07) is 10.6. The number of hydrogen-bond acceptors (Lipinski definition) is 1. The van der Waals surface area contributed by atoms with Gasteiger partial charge in [0.25, 0.3) is 0 Å². The number of hydrogen-bond donors (Lipinski definition) is 0. The zero-order valence-corrected chi connectivity index (χ0v) is 14.5. The van der Waals surface area contributed by atoms with E-state index in [1.807, 2.05) is 0 Å². The Morgan fingerprint density at radius 3 is 1.55 bits per heavy atom. The van der Waals surface area contributed by atoms with E-state index in [0.29, 0.717) is 0 Å². The quantitative estimate of drug-likeness (QED) is 0.688. The Morgan fingerprint density at radius 2 is 1.25 bits per heavy atom. The molecule has 2 nitrogen and oxygen atoms in total. The summed E-state index contributed by atoms with van der Waals surface area (Å²) in [6.07, 6.45) is 1.15. The zero-order valence-electron chi connectivity index (χ0n) is 14.5. The van der Waals surface area contributed by atoms with Crippen molar-refractivity contribution in [1.29, 1.82) is 0 Å². The Kier molecular flexibility index (Phi) is 10.4. The van der Waals surface area contributed by atoms with Crippen LogP contribution >= 0.6 is 0 Å². The second kappa shape index (κ2) is 10.9. The molecule has 0 fully saturated rings. The van der Waals surface area contributed by atoms with E-state index in [1.165, 1.54) is 36.2 Å². The van der Waals surface area contributed by atoms with Gasteiger partial charge in [-0.1, -0.05) is 30.3 Å². The highest BCUT2D eigenvalue weighted by molar-refractivity contribution is 5.14. The largest absolute Gasteiger partial charge is 0.325 e. The number of likely N-dealkylation sites (N-methyl/N-ethyl adjacent to an activating group) is 1. The van der Waals surface area contributed by atoms with Crippen LogP contribution in [0.2, 0.25) is 0 Å². The maximum Gasteiger partial charge on any atom is 0.0757 e. The Labute approximate surface area is 127 Å². The lowest BCUT2D eigenvalue weighted by molar-refractivity contribution is -0.921. The molecule has 0 atom stereocenters. The van der Waals surface area contributed by atoms with Gasteiger partial charge in [0, 0.05) is 6.54 Å². The summed E-state index contributed by atoms with van der Waals surface area (Å²) < 4.78 is 1.28. The molecule has 116 valence electrons. The standard InChI is InChI=1S/C10H15N.C8H20N/c1-11(2)9-8-10-6-4-3-5-7-10;1-5-9(6-2,7-3)8-4/h3-7H,8-9H2,1-2H3;5-8H2,1-4H3/q;+1. The molecule has 1 aromatic carbocycles. The van der Waals surface area contributed by atoms with Crippen LogP contribution in [0, 0.1) is 0 Å². The Hall–Kier alpha value is -0.860. The van der Waals surface area contributed by atoms with E-state index in [4.69, 9.17) is 0 Å². The molecule has 1 rings (SSSR count). The molecule has 0 amide bonds. The van der Waals surface area contributed by atoms with Gasteiger partial charge < -0.3 is 9.38 Å². The minimum absolute atomic E-state index is 1.13. The first-order valence-electron chi connectivity index (χ1n) is 8.07. The summed E-state index contributed by atoms with van der Waals surface area (Å²) in [4.78, 5) is 2.20. The molecule has 2 heteroatoms. The molecule has 0 N–H and O–H groups in total. The first kappa shape index (κ1) is 19.1. The highest BCUT2D eigenvalue weighted by Gasteiger charge is 2.16. The molecule has 0 aliphatic rings. The van der Waals surface area contributed by atoms with Crippen LogP contribution in [0.3, 0.4) is 0 Å². The Morgan fingerprint density at radius 1 is 0.800 bits per heavy atom. The third-order valence-electron chi connectivity index (χ3n) is 4.37. The van der Waals surface area contributed by atoms with Gasteiger partial charge in [-0.3, -0.25) is 0 Å².